The molecule has 0 aliphatic rings. The zero-order valence-corrected chi connectivity index (χ0v) is 12.3. The van der Waals surface area contributed by atoms with Crippen LogP contribution in [0.15, 0.2) is 15.9 Å². The highest BCUT2D eigenvalue weighted by molar-refractivity contribution is 9.10. The zero-order valence-electron chi connectivity index (χ0n) is 9.92. The van der Waals surface area contributed by atoms with E-state index in [1.165, 1.54) is 11.3 Å². The molecule has 0 bridgehead atoms. The topological polar surface area (TPSA) is 29.1 Å². The van der Waals surface area contributed by atoms with Crippen molar-refractivity contribution in [1.82, 2.24) is 5.32 Å². The summed E-state index contributed by atoms with van der Waals surface area (Å²) < 4.78 is 0.880. The van der Waals surface area contributed by atoms with Crippen LogP contribution in [-0.4, -0.2) is 11.9 Å². The van der Waals surface area contributed by atoms with Gasteiger partial charge in [-0.05, 0) is 46.6 Å². The number of halogens is 1. The molecule has 90 valence electrons. The Morgan fingerprint density at radius 1 is 1.56 bits per heavy atom. The average molecular weight is 304 g/mol. The Morgan fingerprint density at radius 3 is 2.75 bits per heavy atom. The Bertz CT molecular complexity index is 351. The molecule has 1 N–H and O–H groups in total. The summed E-state index contributed by atoms with van der Waals surface area (Å²) in [5.74, 6) is 0.680. The van der Waals surface area contributed by atoms with Crippen LogP contribution in [0.25, 0.3) is 0 Å². The standard InChI is InChI=1S/C12H18BrNOS/c1-4-8(2)7-9(3)14-12(15)11-10(13)5-6-16-11/h5-6,8-9H,4,7H2,1-3H3,(H,14,15)/t8-,9+/m0/s1. The third-order valence-corrected chi connectivity index (χ3v) is 4.49. The first-order valence-corrected chi connectivity index (χ1v) is 7.25. The molecule has 0 spiro atoms. The number of carbonyl (C=O) groups is 1. The van der Waals surface area contributed by atoms with Gasteiger partial charge in [0.1, 0.15) is 4.88 Å². The van der Waals surface area contributed by atoms with Crippen LogP contribution in [0.3, 0.4) is 0 Å². The van der Waals surface area contributed by atoms with E-state index in [0.29, 0.717) is 5.92 Å². The quantitative estimate of drug-likeness (QED) is 0.873. The van der Waals surface area contributed by atoms with Crippen LogP contribution in [0, 0.1) is 5.92 Å². The Kier molecular flexibility index (Phi) is 5.49. The molecule has 1 aromatic rings. The van der Waals surface area contributed by atoms with Crippen molar-refractivity contribution >= 4 is 33.2 Å². The molecule has 1 heterocycles. The number of hydrogen-bond acceptors (Lipinski definition) is 2. The highest BCUT2D eigenvalue weighted by atomic mass is 79.9. The van der Waals surface area contributed by atoms with Crippen molar-refractivity contribution in [3.8, 4) is 0 Å². The van der Waals surface area contributed by atoms with Crippen LogP contribution >= 0.6 is 27.3 Å². The number of nitrogens with one attached hydrogen (secondary N) is 1. The Labute approximate surface area is 110 Å². The maximum atomic E-state index is 11.9. The summed E-state index contributed by atoms with van der Waals surface area (Å²) in [5, 5.41) is 4.94. The first kappa shape index (κ1) is 13.7. The van der Waals surface area contributed by atoms with Gasteiger partial charge in [-0.2, -0.15) is 0 Å². The molecule has 1 rings (SSSR count). The van der Waals surface area contributed by atoms with Crippen molar-refractivity contribution in [2.24, 2.45) is 5.92 Å². The molecule has 0 aromatic carbocycles. The molecule has 2 atom stereocenters. The predicted octanol–water partition coefficient (Wildman–Crippen LogP) is 4.07. The largest absolute Gasteiger partial charge is 0.349 e. The van der Waals surface area contributed by atoms with Crippen molar-refractivity contribution < 1.29 is 4.79 Å². The van der Waals surface area contributed by atoms with E-state index in [-0.39, 0.29) is 11.9 Å². The lowest BCUT2D eigenvalue weighted by Gasteiger charge is -2.17. The van der Waals surface area contributed by atoms with Crippen molar-refractivity contribution in [3.63, 3.8) is 0 Å². The second kappa shape index (κ2) is 6.40. The van der Waals surface area contributed by atoms with Crippen LogP contribution in [0.5, 0.6) is 0 Å². The molecule has 0 fully saturated rings. The lowest BCUT2D eigenvalue weighted by atomic mass is 10.0. The van der Waals surface area contributed by atoms with Gasteiger partial charge in [0, 0.05) is 10.5 Å². The molecule has 4 heteroatoms. The third kappa shape index (κ3) is 3.91. The van der Waals surface area contributed by atoms with Gasteiger partial charge in [0.15, 0.2) is 0 Å². The van der Waals surface area contributed by atoms with Gasteiger partial charge in [0.25, 0.3) is 5.91 Å². The number of carbonyl (C=O) groups excluding carboxylic acids is 1. The molecule has 0 unspecified atom stereocenters. The van der Waals surface area contributed by atoms with Crippen LogP contribution in [0.2, 0.25) is 0 Å². The highest BCUT2D eigenvalue weighted by Crippen LogP contribution is 2.22. The van der Waals surface area contributed by atoms with Gasteiger partial charge >= 0.3 is 0 Å². The van der Waals surface area contributed by atoms with E-state index >= 15 is 0 Å². The summed E-state index contributed by atoms with van der Waals surface area (Å²) in [5.41, 5.74) is 0. The molecule has 0 aliphatic heterocycles. The minimum absolute atomic E-state index is 0.0256. The molecule has 0 saturated carbocycles. The van der Waals surface area contributed by atoms with E-state index in [1.54, 1.807) is 0 Å². The van der Waals surface area contributed by atoms with Gasteiger partial charge < -0.3 is 5.32 Å². The highest BCUT2D eigenvalue weighted by Gasteiger charge is 2.15. The van der Waals surface area contributed by atoms with E-state index in [9.17, 15) is 4.79 Å². The van der Waals surface area contributed by atoms with Crippen LogP contribution in [0.4, 0.5) is 0 Å². The first-order valence-electron chi connectivity index (χ1n) is 5.58. The number of thiophene rings is 1. The molecule has 0 saturated heterocycles. The monoisotopic (exact) mass is 303 g/mol. The van der Waals surface area contributed by atoms with Gasteiger partial charge in [-0.15, -0.1) is 11.3 Å². The van der Waals surface area contributed by atoms with E-state index in [1.807, 2.05) is 11.4 Å². The van der Waals surface area contributed by atoms with E-state index in [0.717, 1.165) is 22.2 Å². The van der Waals surface area contributed by atoms with E-state index in [4.69, 9.17) is 0 Å². The van der Waals surface area contributed by atoms with Crippen molar-refractivity contribution in [2.75, 3.05) is 0 Å². The van der Waals surface area contributed by atoms with E-state index in [2.05, 4.69) is 42.0 Å². The zero-order chi connectivity index (χ0) is 12.1. The lowest BCUT2D eigenvalue weighted by molar-refractivity contribution is 0.0939. The number of rotatable bonds is 5. The second-order valence-electron chi connectivity index (χ2n) is 4.22. The molecule has 16 heavy (non-hydrogen) atoms. The van der Waals surface area contributed by atoms with Crippen LogP contribution in [0.1, 0.15) is 43.3 Å². The van der Waals surface area contributed by atoms with Crippen LogP contribution < -0.4 is 5.32 Å². The molecule has 2 nitrogen and oxygen atoms in total. The van der Waals surface area contributed by atoms with Gasteiger partial charge in [0.05, 0.1) is 0 Å². The summed E-state index contributed by atoms with van der Waals surface area (Å²) in [4.78, 5) is 12.6. The molecule has 1 amide bonds. The van der Waals surface area contributed by atoms with E-state index < -0.39 is 0 Å². The Hall–Kier alpha value is -0.350. The fourth-order valence-corrected chi connectivity index (χ4v) is 3.03. The predicted molar refractivity (Wildman–Crippen MR) is 73.0 cm³/mol. The Balaban J connectivity index is 2.49. The minimum Gasteiger partial charge on any atom is -0.349 e. The first-order chi connectivity index (χ1) is 7.54. The summed E-state index contributed by atoms with van der Waals surface area (Å²) in [6.07, 6.45) is 2.19. The molecule has 0 radical (unpaired) electrons. The van der Waals surface area contributed by atoms with Crippen LogP contribution in [-0.2, 0) is 0 Å². The van der Waals surface area contributed by atoms with Gasteiger partial charge in [-0.25, -0.2) is 0 Å². The average Bonchev–Trinajstić information content (AvgIpc) is 2.63. The van der Waals surface area contributed by atoms with Crippen molar-refractivity contribution in [3.05, 3.63) is 20.8 Å². The molecule has 1 aromatic heterocycles. The SMILES string of the molecule is CC[C@H](C)C[C@@H](C)NC(=O)c1sccc1Br. The normalized spacial score (nSPS) is 14.5. The Morgan fingerprint density at radius 2 is 2.25 bits per heavy atom. The maximum Gasteiger partial charge on any atom is 0.262 e. The third-order valence-electron chi connectivity index (χ3n) is 2.65. The lowest BCUT2D eigenvalue weighted by Crippen LogP contribution is -2.33. The summed E-state index contributed by atoms with van der Waals surface area (Å²) in [7, 11) is 0. The van der Waals surface area contributed by atoms with Crippen molar-refractivity contribution in [1.29, 1.82) is 0 Å². The smallest absolute Gasteiger partial charge is 0.262 e. The van der Waals surface area contributed by atoms with Gasteiger partial charge in [-0.3, -0.25) is 4.79 Å². The van der Waals surface area contributed by atoms with Crippen molar-refractivity contribution in [2.45, 2.75) is 39.7 Å². The number of hydrogen-bond donors (Lipinski definition) is 1. The fraction of sp³-hybridized carbons (Fsp3) is 0.583. The summed E-state index contributed by atoms with van der Waals surface area (Å²) in [6, 6.07) is 2.13. The second-order valence-corrected chi connectivity index (χ2v) is 5.99. The van der Waals surface area contributed by atoms with Gasteiger partial charge in [-0.1, -0.05) is 20.3 Å². The molecular formula is C12H18BrNOS. The minimum atomic E-state index is 0.0256. The summed E-state index contributed by atoms with van der Waals surface area (Å²) in [6.45, 7) is 6.45. The molecule has 0 aliphatic carbocycles. The van der Waals surface area contributed by atoms with Gasteiger partial charge in [0.2, 0.25) is 0 Å². The maximum absolute atomic E-state index is 11.9. The fourth-order valence-electron chi connectivity index (χ4n) is 1.57. The molecular weight excluding hydrogens is 286 g/mol. The number of amides is 1. The summed E-state index contributed by atoms with van der Waals surface area (Å²) >= 11 is 4.84.